The van der Waals surface area contributed by atoms with Gasteiger partial charge in [-0.25, -0.2) is 4.98 Å². The third-order valence-electron chi connectivity index (χ3n) is 2.03. The molecule has 1 aromatic rings. The lowest BCUT2D eigenvalue weighted by atomic mass is 10.4. The summed E-state index contributed by atoms with van der Waals surface area (Å²) in [5.74, 6) is 0. The number of aromatic nitrogens is 1. The number of carbonyl (C=O) groups is 1. The molecule has 76 valence electrons. The lowest BCUT2D eigenvalue weighted by Crippen LogP contribution is -2.42. The van der Waals surface area contributed by atoms with Gasteiger partial charge in [-0.15, -0.1) is 0 Å². The molecule has 1 aliphatic heterocycles. The first-order chi connectivity index (χ1) is 7.17. The standard InChI is InChI=1S/C9H6ClN3O2/c10-8-7(3-1-4-11-8)13(9(14)15)6-2-5-12-13/h1-6H/p+1. The third kappa shape index (κ3) is 1.42. The summed E-state index contributed by atoms with van der Waals surface area (Å²) in [5.41, 5.74) is 0.316. The number of quaternary nitrogens is 1. The summed E-state index contributed by atoms with van der Waals surface area (Å²) >= 11 is 5.84. The Morgan fingerprint density at radius 2 is 2.33 bits per heavy atom. The fraction of sp³-hybridized carbons (Fsp3) is 0. The summed E-state index contributed by atoms with van der Waals surface area (Å²) in [6.07, 6.45) is 4.75. The van der Waals surface area contributed by atoms with Gasteiger partial charge in [0.1, 0.15) is 6.20 Å². The number of amides is 1. The van der Waals surface area contributed by atoms with Crippen LogP contribution in [0.4, 0.5) is 10.5 Å². The van der Waals surface area contributed by atoms with Crippen LogP contribution in [-0.2, 0) is 0 Å². The Bertz CT molecular complexity index is 458. The van der Waals surface area contributed by atoms with E-state index in [1.807, 2.05) is 0 Å². The van der Waals surface area contributed by atoms with E-state index in [2.05, 4.69) is 10.1 Å². The van der Waals surface area contributed by atoms with Crippen molar-refractivity contribution in [3.05, 3.63) is 35.8 Å². The number of pyridine rings is 1. The van der Waals surface area contributed by atoms with Gasteiger partial charge in [-0.05, 0) is 10.7 Å². The van der Waals surface area contributed by atoms with E-state index in [1.165, 1.54) is 18.6 Å². The Labute approximate surface area is 90.5 Å². The van der Waals surface area contributed by atoms with Gasteiger partial charge in [0.15, 0.2) is 5.15 Å². The van der Waals surface area contributed by atoms with Crippen molar-refractivity contribution in [1.29, 1.82) is 0 Å². The van der Waals surface area contributed by atoms with Crippen LogP contribution < -0.4 is 4.59 Å². The van der Waals surface area contributed by atoms with Gasteiger partial charge < -0.3 is 5.11 Å². The highest BCUT2D eigenvalue weighted by Gasteiger charge is 2.42. The van der Waals surface area contributed by atoms with Crippen molar-refractivity contribution in [2.75, 3.05) is 0 Å². The van der Waals surface area contributed by atoms with Crippen molar-refractivity contribution in [2.24, 2.45) is 5.10 Å². The first-order valence-electron chi connectivity index (χ1n) is 4.13. The molecule has 6 heteroatoms. The predicted molar refractivity (Wildman–Crippen MR) is 56.7 cm³/mol. The normalized spacial score (nSPS) is 23.3. The molecule has 1 N–H and O–H groups in total. The zero-order chi connectivity index (χ0) is 10.9. The molecule has 0 saturated carbocycles. The lowest BCUT2D eigenvalue weighted by Gasteiger charge is -2.18. The van der Waals surface area contributed by atoms with Crippen molar-refractivity contribution in [3.63, 3.8) is 0 Å². The van der Waals surface area contributed by atoms with Gasteiger partial charge in [-0.2, -0.15) is 4.79 Å². The number of rotatable bonds is 1. The molecular formula is C9H7ClN3O2+. The number of carboxylic acid groups (broad SMARTS) is 1. The minimum atomic E-state index is -1.13. The van der Waals surface area contributed by atoms with Crippen LogP contribution in [0.15, 0.2) is 35.7 Å². The number of hydrogen-bond acceptors (Lipinski definition) is 3. The Hall–Kier alpha value is -1.72. The first-order valence-corrected chi connectivity index (χ1v) is 4.51. The third-order valence-corrected chi connectivity index (χ3v) is 2.33. The largest absolute Gasteiger partial charge is 0.551 e. The quantitative estimate of drug-likeness (QED) is 0.588. The predicted octanol–water partition coefficient (Wildman–Crippen LogP) is 2.23. The maximum absolute atomic E-state index is 11.2. The maximum Gasteiger partial charge on any atom is 0.551 e. The van der Waals surface area contributed by atoms with Crippen LogP contribution in [0.5, 0.6) is 0 Å². The van der Waals surface area contributed by atoms with E-state index < -0.39 is 10.7 Å². The van der Waals surface area contributed by atoms with Crippen molar-refractivity contribution >= 4 is 29.6 Å². The second kappa shape index (κ2) is 3.45. The van der Waals surface area contributed by atoms with E-state index in [-0.39, 0.29) is 5.15 Å². The summed E-state index contributed by atoms with van der Waals surface area (Å²) in [6.45, 7) is 0. The summed E-state index contributed by atoms with van der Waals surface area (Å²) in [7, 11) is 0. The lowest BCUT2D eigenvalue weighted by molar-refractivity contribution is 0.165. The zero-order valence-corrected chi connectivity index (χ0v) is 8.30. The van der Waals surface area contributed by atoms with Gasteiger partial charge in [0.05, 0.1) is 6.21 Å². The maximum atomic E-state index is 11.2. The van der Waals surface area contributed by atoms with Gasteiger partial charge >= 0.3 is 6.09 Å². The molecule has 0 aliphatic carbocycles. The number of halogens is 1. The van der Waals surface area contributed by atoms with E-state index in [4.69, 9.17) is 16.7 Å². The van der Waals surface area contributed by atoms with Crippen LogP contribution in [0.3, 0.4) is 0 Å². The SMILES string of the molecule is O=C(O)[N+]1(c2cccnc2Cl)C=CC=N1. The topological polar surface area (TPSA) is 62.5 Å². The summed E-state index contributed by atoms with van der Waals surface area (Å²) in [5, 5.41) is 13.2. The van der Waals surface area contributed by atoms with E-state index in [0.717, 1.165) is 0 Å². The van der Waals surface area contributed by atoms with Gasteiger partial charge in [0, 0.05) is 18.3 Å². The molecule has 1 unspecified atom stereocenters. The average molecular weight is 225 g/mol. The second-order valence-electron chi connectivity index (χ2n) is 2.89. The minimum Gasteiger partial charge on any atom is -0.433 e. The van der Waals surface area contributed by atoms with E-state index in [0.29, 0.717) is 5.69 Å². The molecule has 2 heterocycles. The Kier molecular flexibility index (Phi) is 2.26. The number of nitrogens with zero attached hydrogens (tertiary/aromatic N) is 3. The Morgan fingerprint density at radius 3 is 2.87 bits per heavy atom. The number of allylic oxidation sites excluding steroid dienone is 1. The molecule has 5 nitrogen and oxygen atoms in total. The Morgan fingerprint density at radius 1 is 1.53 bits per heavy atom. The van der Waals surface area contributed by atoms with Gasteiger partial charge in [0.2, 0.25) is 5.69 Å². The molecule has 0 aromatic carbocycles. The fourth-order valence-electron chi connectivity index (χ4n) is 1.34. The monoisotopic (exact) mass is 224 g/mol. The van der Waals surface area contributed by atoms with Gasteiger partial charge in [-0.1, -0.05) is 16.7 Å². The highest BCUT2D eigenvalue weighted by Crippen LogP contribution is 2.32. The number of hydrogen-bond donors (Lipinski definition) is 1. The molecule has 0 radical (unpaired) electrons. The van der Waals surface area contributed by atoms with Crippen LogP contribution >= 0.6 is 11.6 Å². The van der Waals surface area contributed by atoms with E-state index >= 15 is 0 Å². The molecule has 2 rings (SSSR count). The molecular weight excluding hydrogens is 218 g/mol. The molecule has 0 saturated heterocycles. The smallest absolute Gasteiger partial charge is 0.433 e. The van der Waals surface area contributed by atoms with Crippen LogP contribution in [0.2, 0.25) is 5.15 Å². The van der Waals surface area contributed by atoms with E-state index in [9.17, 15) is 4.79 Å². The fourth-order valence-corrected chi connectivity index (χ4v) is 1.58. The van der Waals surface area contributed by atoms with Crippen LogP contribution in [-0.4, -0.2) is 22.4 Å². The molecule has 1 aliphatic rings. The van der Waals surface area contributed by atoms with Crippen molar-refractivity contribution in [1.82, 2.24) is 9.58 Å². The van der Waals surface area contributed by atoms with Crippen LogP contribution in [0, 0.1) is 0 Å². The van der Waals surface area contributed by atoms with Crippen molar-refractivity contribution < 1.29 is 9.90 Å². The molecule has 0 spiro atoms. The van der Waals surface area contributed by atoms with Crippen LogP contribution in [0.25, 0.3) is 0 Å². The molecule has 0 fully saturated rings. The Balaban J connectivity index is 2.62. The highest BCUT2D eigenvalue weighted by atomic mass is 35.5. The second-order valence-corrected chi connectivity index (χ2v) is 3.25. The molecule has 1 aromatic heterocycles. The summed E-state index contributed by atoms with van der Waals surface area (Å²) < 4.78 is -0.688. The van der Waals surface area contributed by atoms with Gasteiger partial charge in [-0.3, -0.25) is 0 Å². The summed E-state index contributed by atoms with van der Waals surface area (Å²) in [6, 6.07) is 3.20. The zero-order valence-electron chi connectivity index (χ0n) is 7.54. The van der Waals surface area contributed by atoms with Crippen LogP contribution in [0.1, 0.15) is 0 Å². The molecule has 1 atom stereocenters. The van der Waals surface area contributed by atoms with E-state index in [1.54, 1.807) is 18.2 Å². The molecule has 15 heavy (non-hydrogen) atoms. The highest BCUT2D eigenvalue weighted by molar-refractivity contribution is 6.32. The molecule has 1 amide bonds. The average Bonchev–Trinajstić information content (AvgIpc) is 2.68. The first kappa shape index (κ1) is 9.82. The van der Waals surface area contributed by atoms with Crippen molar-refractivity contribution in [2.45, 2.75) is 0 Å². The summed E-state index contributed by atoms with van der Waals surface area (Å²) in [4.78, 5) is 15.0. The van der Waals surface area contributed by atoms with Crippen molar-refractivity contribution in [3.8, 4) is 0 Å². The molecule has 0 bridgehead atoms. The van der Waals surface area contributed by atoms with Gasteiger partial charge in [0.25, 0.3) is 0 Å². The minimum absolute atomic E-state index is 0.128.